The highest BCUT2D eigenvalue weighted by Crippen LogP contribution is 2.15. The Balaban J connectivity index is 5.07. The van der Waals surface area contributed by atoms with Gasteiger partial charge in [0.1, 0.15) is 13.1 Å². The maximum atomic E-state index is 13.0. The summed E-state index contributed by atoms with van der Waals surface area (Å²) in [5.74, 6) is -2.95. The van der Waals surface area contributed by atoms with Crippen LogP contribution in [0.25, 0.3) is 0 Å². The average Bonchev–Trinajstić information content (AvgIpc) is 3.18. The Morgan fingerprint density at radius 3 is 1.00 bits per heavy atom. The summed E-state index contributed by atoms with van der Waals surface area (Å²) >= 11 is 0. The molecule has 0 aromatic carbocycles. The molecule has 0 saturated carbocycles. The third-order valence-electron chi connectivity index (χ3n) is 10.1. The van der Waals surface area contributed by atoms with Crippen LogP contribution in [0.2, 0.25) is 0 Å². The molecule has 54 heavy (non-hydrogen) atoms. The molecule has 0 unspecified atom stereocenters. The first kappa shape index (κ1) is 43.3. The predicted molar refractivity (Wildman–Crippen MR) is 229 cm³/mol. The Hall–Kier alpha value is -1.85. The van der Waals surface area contributed by atoms with Crippen molar-refractivity contribution in [2.75, 3.05) is 13.1 Å². The molecular weight excluding hydrogens is 673 g/mol. The van der Waals surface area contributed by atoms with Gasteiger partial charge in [-0.05, 0) is 44.9 Å². The molecule has 0 aliphatic heterocycles. The fourth-order valence-corrected chi connectivity index (χ4v) is 6.57. The number of allylic oxidation sites excluding steroid dienone is 2. The van der Waals surface area contributed by atoms with Gasteiger partial charge in [-0.25, -0.2) is 0 Å². The van der Waals surface area contributed by atoms with Crippen LogP contribution >= 0.6 is 0 Å². The van der Waals surface area contributed by atoms with Crippen LogP contribution in [-0.4, -0.2) is 37.1 Å². The summed E-state index contributed by atoms with van der Waals surface area (Å²) < 4.78 is 58.5. The summed E-state index contributed by atoms with van der Waals surface area (Å²) in [5.41, 5.74) is 0. The third-order valence-corrected chi connectivity index (χ3v) is 10.1. The summed E-state index contributed by atoms with van der Waals surface area (Å²) in [6, 6.07) is 0. The SMILES string of the molecule is [2H]C([2H])(OC(=O)CCCCCCCCCCCCC)C([2H])(OC(=O)CCCCCCCC/C=C\CCCCCC)C([2H])([2H])OC(=O)CCCCCCCCCCCCC. The van der Waals surface area contributed by atoms with Crippen LogP contribution in [0.15, 0.2) is 12.2 Å². The average molecular weight is 768 g/mol. The molecular formula is C48H90O6. The van der Waals surface area contributed by atoms with E-state index in [0.29, 0.717) is 19.3 Å². The molecule has 0 radical (unpaired) electrons. The molecule has 0 spiro atoms. The lowest BCUT2D eigenvalue weighted by molar-refractivity contribution is -0.167. The van der Waals surface area contributed by atoms with E-state index in [0.717, 1.165) is 96.3 Å². The van der Waals surface area contributed by atoms with Gasteiger partial charge in [0, 0.05) is 19.3 Å². The molecule has 0 aliphatic carbocycles. The number of rotatable bonds is 43. The first-order chi connectivity index (χ1) is 28.4. The molecule has 0 atom stereocenters. The lowest BCUT2D eigenvalue weighted by atomic mass is 10.1. The minimum atomic E-state index is -3.49. The molecule has 318 valence electrons. The van der Waals surface area contributed by atoms with Crippen LogP contribution in [0, 0.1) is 0 Å². The van der Waals surface area contributed by atoms with Crippen molar-refractivity contribution < 1.29 is 35.4 Å². The molecule has 0 saturated heterocycles. The van der Waals surface area contributed by atoms with Crippen LogP contribution in [0.4, 0.5) is 0 Å². The molecule has 0 aromatic heterocycles. The highest BCUT2D eigenvalue weighted by atomic mass is 16.6. The van der Waals surface area contributed by atoms with Crippen molar-refractivity contribution in [3.05, 3.63) is 12.2 Å². The van der Waals surface area contributed by atoms with Crippen molar-refractivity contribution in [1.29, 1.82) is 0 Å². The van der Waals surface area contributed by atoms with Gasteiger partial charge in [-0.2, -0.15) is 0 Å². The highest BCUT2D eigenvalue weighted by molar-refractivity contribution is 5.71. The largest absolute Gasteiger partial charge is 0.462 e. The monoisotopic (exact) mass is 768 g/mol. The number of carbonyl (C=O) groups is 3. The van der Waals surface area contributed by atoms with Gasteiger partial charge in [0.25, 0.3) is 0 Å². The minimum absolute atomic E-state index is 0.127. The molecule has 0 rings (SSSR count). The van der Waals surface area contributed by atoms with Gasteiger partial charge in [-0.3, -0.25) is 14.4 Å². The van der Waals surface area contributed by atoms with E-state index in [9.17, 15) is 14.4 Å². The number of esters is 3. The molecule has 0 bridgehead atoms. The van der Waals surface area contributed by atoms with Gasteiger partial charge >= 0.3 is 17.9 Å². The van der Waals surface area contributed by atoms with E-state index in [4.69, 9.17) is 21.1 Å². The van der Waals surface area contributed by atoms with Gasteiger partial charge in [-0.15, -0.1) is 0 Å². The van der Waals surface area contributed by atoms with Crippen molar-refractivity contribution in [1.82, 2.24) is 0 Å². The number of unbranched alkanes of at least 4 members (excludes halogenated alkanes) is 30. The number of ether oxygens (including phenoxy) is 3. The lowest BCUT2D eigenvalue weighted by Crippen LogP contribution is -2.30. The zero-order valence-electron chi connectivity index (χ0n) is 40.8. The van der Waals surface area contributed by atoms with Gasteiger partial charge < -0.3 is 14.2 Å². The zero-order valence-corrected chi connectivity index (χ0v) is 35.8. The van der Waals surface area contributed by atoms with Crippen molar-refractivity contribution in [3.63, 3.8) is 0 Å². The molecule has 0 N–H and O–H groups in total. The lowest BCUT2D eigenvalue weighted by Gasteiger charge is -2.18. The van der Waals surface area contributed by atoms with Gasteiger partial charge in [0.05, 0.1) is 6.85 Å². The minimum Gasteiger partial charge on any atom is -0.462 e. The first-order valence-electron chi connectivity index (χ1n) is 25.7. The summed E-state index contributed by atoms with van der Waals surface area (Å²) in [6.07, 6.45) is 36.8. The van der Waals surface area contributed by atoms with Gasteiger partial charge in [0.2, 0.25) is 0 Å². The fourth-order valence-electron chi connectivity index (χ4n) is 6.57. The van der Waals surface area contributed by atoms with Crippen LogP contribution < -0.4 is 0 Å². The molecule has 0 aliphatic rings. The zero-order chi connectivity index (χ0) is 43.9. The van der Waals surface area contributed by atoms with E-state index in [1.807, 2.05) is 0 Å². The van der Waals surface area contributed by atoms with Crippen LogP contribution in [0.5, 0.6) is 0 Å². The van der Waals surface area contributed by atoms with Crippen molar-refractivity contribution >= 4 is 17.9 Å². The maximum absolute atomic E-state index is 13.0. The summed E-state index contributed by atoms with van der Waals surface area (Å²) in [5, 5.41) is 0. The second-order valence-electron chi connectivity index (χ2n) is 15.5. The Morgan fingerprint density at radius 1 is 0.407 bits per heavy atom. The fraction of sp³-hybridized carbons (Fsp3) is 0.896. The van der Waals surface area contributed by atoms with E-state index >= 15 is 0 Å². The number of carbonyl (C=O) groups excluding carboxylic acids is 3. The standard InChI is InChI=1S/C48H90O6/c1-4-7-10-13-16-19-22-23-24-27-30-33-36-39-42-48(51)54-45(43-52-46(49)40-37-34-31-28-25-20-17-14-11-8-5-2)44-53-47(50)41-38-35-32-29-26-21-18-15-12-9-6-3/h19,22,45H,4-18,20-21,23-44H2,1-3H3/b22-19-/i43D2,44D2,45D. The number of hydrogen-bond donors (Lipinski definition) is 0. The highest BCUT2D eigenvalue weighted by Gasteiger charge is 2.19. The van der Waals surface area contributed by atoms with E-state index in [1.165, 1.54) is 103 Å². The quantitative estimate of drug-likeness (QED) is 0.0266. The second kappa shape index (κ2) is 43.9. The Kier molecular flexibility index (Phi) is 35.2. The Bertz CT molecular complexity index is 1000. The second-order valence-corrected chi connectivity index (χ2v) is 15.5. The van der Waals surface area contributed by atoms with Crippen molar-refractivity contribution in [2.45, 2.75) is 264 Å². The van der Waals surface area contributed by atoms with Crippen LogP contribution in [0.1, 0.15) is 265 Å². The van der Waals surface area contributed by atoms with E-state index in [1.54, 1.807) is 0 Å². The normalized spacial score (nSPS) is 13.6. The van der Waals surface area contributed by atoms with Crippen molar-refractivity contribution in [2.24, 2.45) is 0 Å². The maximum Gasteiger partial charge on any atom is 0.306 e. The van der Waals surface area contributed by atoms with E-state index < -0.39 is 37.1 Å². The van der Waals surface area contributed by atoms with Gasteiger partial charge in [-0.1, -0.05) is 206 Å². The topological polar surface area (TPSA) is 78.9 Å². The molecule has 0 fully saturated rings. The van der Waals surface area contributed by atoms with E-state index in [2.05, 4.69) is 32.9 Å². The Labute approximate surface area is 342 Å². The smallest absolute Gasteiger partial charge is 0.306 e. The molecule has 6 heteroatoms. The van der Waals surface area contributed by atoms with Crippen LogP contribution in [-0.2, 0) is 28.6 Å². The molecule has 6 nitrogen and oxygen atoms in total. The molecule has 0 aromatic rings. The molecule has 0 amide bonds. The predicted octanol–water partition coefficient (Wildman–Crippen LogP) is 15.0. The van der Waals surface area contributed by atoms with Gasteiger partial charge in [0.15, 0.2) is 6.08 Å². The first-order valence-corrected chi connectivity index (χ1v) is 23.2. The number of hydrogen-bond acceptors (Lipinski definition) is 6. The summed E-state index contributed by atoms with van der Waals surface area (Å²) in [6.45, 7) is -0.253. The Morgan fingerprint density at radius 2 is 0.667 bits per heavy atom. The van der Waals surface area contributed by atoms with Crippen molar-refractivity contribution in [3.8, 4) is 0 Å². The summed E-state index contributed by atoms with van der Waals surface area (Å²) in [7, 11) is 0. The molecule has 0 heterocycles. The third kappa shape index (κ3) is 41.3. The van der Waals surface area contributed by atoms with Crippen LogP contribution in [0.3, 0.4) is 0 Å². The summed E-state index contributed by atoms with van der Waals surface area (Å²) in [4.78, 5) is 38.7. The van der Waals surface area contributed by atoms with E-state index in [-0.39, 0.29) is 19.3 Å².